The molecule has 3 aromatic rings. The molecular formula is C22H19ClN2O2S. The molecule has 0 aliphatic rings. The molecule has 0 spiro atoms. The van der Waals surface area contributed by atoms with Crippen LogP contribution in [0.3, 0.4) is 0 Å². The Labute approximate surface area is 173 Å². The minimum absolute atomic E-state index is 0.125. The van der Waals surface area contributed by atoms with Crippen LogP contribution >= 0.6 is 22.9 Å². The number of amides is 1. The second-order valence-electron chi connectivity index (χ2n) is 6.36. The van der Waals surface area contributed by atoms with Crippen LogP contribution in [0, 0.1) is 13.8 Å². The normalized spacial score (nSPS) is 11.0. The predicted molar refractivity (Wildman–Crippen MR) is 116 cm³/mol. The van der Waals surface area contributed by atoms with E-state index in [0.29, 0.717) is 21.4 Å². The average Bonchev–Trinajstić information content (AvgIpc) is 3.11. The van der Waals surface area contributed by atoms with Crippen LogP contribution in [0.4, 0.5) is 10.8 Å². The van der Waals surface area contributed by atoms with Crippen LogP contribution in [-0.4, -0.2) is 16.7 Å². The van der Waals surface area contributed by atoms with E-state index in [1.165, 1.54) is 24.3 Å². The quantitative estimate of drug-likeness (QED) is 0.383. The van der Waals surface area contributed by atoms with Crippen LogP contribution in [0.25, 0.3) is 6.08 Å². The van der Waals surface area contributed by atoms with Gasteiger partial charge in [-0.3, -0.25) is 14.5 Å². The summed E-state index contributed by atoms with van der Waals surface area (Å²) >= 11 is 7.41. The van der Waals surface area contributed by atoms with E-state index in [2.05, 4.69) is 4.98 Å². The van der Waals surface area contributed by atoms with E-state index in [0.717, 1.165) is 16.8 Å². The first-order chi connectivity index (χ1) is 13.4. The number of rotatable bonds is 5. The molecule has 0 saturated carbocycles. The molecule has 0 unspecified atom stereocenters. The molecule has 28 heavy (non-hydrogen) atoms. The molecule has 0 aliphatic carbocycles. The summed E-state index contributed by atoms with van der Waals surface area (Å²) in [5.74, 6) is -0.321. The maximum Gasteiger partial charge on any atom is 0.230 e. The molecule has 4 nitrogen and oxygen atoms in total. The Kier molecular flexibility index (Phi) is 6.07. The van der Waals surface area contributed by atoms with Gasteiger partial charge >= 0.3 is 0 Å². The van der Waals surface area contributed by atoms with Gasteiger partial charge in [0.25, 0.3) is 0 Å². The highest BCUT2D eigenvalue weighted by molar-refractivity contribution is 7.14. The second kappa shape index (κ2) is 8.50. The highest BCUT2D eigenvalue weighted by atomic mass is 35.5. The van der Waals surface area contributed by atoms with Gasteiger partial charge in [-0.15, -0.1) is 11.3 Å². The van der Waals surface area contributed by atoms with Crippen molar-refractivity contribution in [3.63, 3.8) is 0 Å². The fourth-order valence-corrected chi connectivity index (χ4v) is 3.74. The highest BCUT2D eigenvalue weighted by Crippen LogP contribution is 2.30. The molecule has 0 N–H and O–H groups in total. The number of hydrogen-bond acceptors (Lipinski definition) is 4. The lowest BCUT2D eigenvalue weighted by atomic mass is 10.1. The summed E-state index contributed by atoms with van der Waals surface area (Å²) in [5.41, 5.74) is 4.08. The maximum atomic E-state index is 12.3. The zero-order valence-electron chi connectivity index (χ0n) is 15.8. The van der Waals surface area contributed by atoms with Crippen molar-refractivity contribution in [1.29, 1.82) is 0 Å². The second-order valence-corrected chi connectivity index (χ2v) is 7.60. The molecular weight excluding hydrogens is 392 g/mol. The molecule has 3 rings (SSSR count). The van der Waals surface area contributed by atoms with Gasteiger partial charge in [-0.25, -0.2) is 4.98 Å². The Hall–Kier alpha value is -2.76. The van der Waals surface area contributed by atoms with Crippen LogP contribution in [0.15, 0.2) is 53.9 Å². The Morgan fingerprint density at radius 1 is 1.11 bits per heavy atom. The van der Waals surface area contributed by atoms with Gasteiger partial charge in [-0.2, -0.15) is 0 Å². The molecule has 0 aliphatic heterocycles. The molecule has 0 saturated heterocycles. The van der Waals surface area contributed by atoms with E-state index < -0.39 is 0 Å². The smallest absolute Gasteiger partial charge is 0.230 e. The molecule has 1 heterocycles. The van der Waals surface area contributed by atoms with Gasteiger partial charge in [-0.1, -0.05) is 29.8 Å². The molecule has 1 aromatic heterocycles. The third-order valence-electron chi connectivity index (χ3n) is 4.31. The van der Waals surface area contributed by atoms with E-state index >= 15 is 0 Å². The van der Waals surface area contributed by atoms with Gasteiger partial charge in [-0.05, 0) is 61.4 Å². The third kappa shape index (κ3) is 4.38. The summed E-state index contributed by atoms with van der Waals surface area (Å²) in [6, 6.07) is 12.8. The van der Waals surface area contributed by atoms with Crippen LogP contribution in [0.2, 0.25) is 5.02 Å². The number of carbonyl (C=O) groups is 2. The Balaban J connectivity index is 1.85. The van der Waals surface area contributed by atoms with Crippen molar-refractivity contribution in [2.45, 2.75) is 20.8 Å². The fourth-order valence-electron chi connectivity index (χ4n) is 2.66. The number of carbonyl (C=O) groups excluding carboxylic acids is 2. The van der Waals surface area contributed by atoms with Gasteiger partial charge in [0, 0.05) is 17.9 Å². The fraction of sp³-hybridized carbons (Fsp3) is 0.136. The number of hydrogen-bond donors (Lipinski definition) is 0. The number of aryl methyl sites for hydroxylation is 2. The summed E-state index contributed by atoms with van der Waals surface area (Å²) in [6.45, 7) is 5.54. The maximum absolute atomic E-state index is 12.3. The topological polar surface area (TPSA) is 50.3 Å². The van der Waals surface area contributed by atoms with Crippen molar-refractivity contribution >= 4 is 51.5 Å². The summed E-state index contributed by atoms with van der Waals surface area (Å²) < 4.78 is 0. The number of benzene rings is 2. The SMILES string of the molecule is CC(=O)N(c1ccc(C)c(C)c1)c1nc(/C=C/C(=O)c2ccccc2Cl)cs1. The lowest BCUT2D eigenvalue weighted by molar-refractivity contribution is -0.115. The summed E-state index contributed by atoms with van der Waals surface area (Å²) in [5, 5.41) is 2.78. The van der Waals surface area contributed by atoms with E-state index in [4.69, 9.17) is 11.6 Å². The number of anilines is 2. The molecule has 0 atom stereocenters. The molecule has 0 fully saturated rings. The van der Waals surface area contributed by atoms with Crippen molar-refractivity contribution in [1.82, 2.24) is 4.98 Å². The van der Waals surface area contributed by atoms with Gasteiger partial charge in [0.05, 0.1) is 16.4 Å². The van der Waals surface area contributed by atoms with E-state index in [9.17, 15) is 9.59 Å². The average molecular weight is 411 g/mol. The Bertz CT molecular complexity index is 1070. The van der Waals surface area contributed by atoms with E-state index in [-0.39, 0.29) is 11.7 Å². The van der Waals surface area contributed by atoms with Crippen molar-refractivity contribution in [3.05, 3.63) is 81.3 Å². The van der Waals surface area contributed by atoms with Crippen molar-refractivity contribution < 1.29 is 9.59 Å². The van der Waals surface area contributed by atoms with Crippen molar-refractivity contribution in [3.8, 4) is 0 Å². The van der Waals surface area contributed by atoms with Crippen LogP contribution in [-0.2, 0) is 4.79 Å². The van der Waals surface area contributed by atoms with Crippen LogP contribution in [0.1, 0.15) is 34.1 Å². The van der Waals surface area contributed by atoms with Gasteiger partial charge in [0.2, 0.25) is 5.91 Å². The van der Waals surface area contributed by atoms with Gasteiger partial charge in [0.15, 0.2) is 10.9 Å². The summed E-state index contributed by atoms with van der Waals surface area (Å²) in [7, 11) is 0. The summed E-state index contributed by atoms with van der Waals surface area (Å²) in [4.78, 5) is 30.6. The Morgan fingerprint density at radius 2 is 1.86 bits per heavy atom. The number of allylic oxidation sites excluding steroid dienone is 1. The molecule has 142 valence electrons. The molecule has 0 bridgehead atoms. The lowest BCUT2D eigenvalue weighted by Crippen LogP contribution is -2.22. The number of nitrogens with zero attached hydrogens (tertiary/aromatic N) is 2. The third-order valence-corrected chi connectivity index (χ3v) is 5.48. The minimum Gasteiger partial charge on any atom is -0.289 e. The van der Waals surface area contributed by atoms with Crippen molar-refractivity contribution in [2.24, 2.45) is 0 Å². The van der Waals surface area contributed by atoms with Crippen LogP contribution < -0.4 is 4.90 Å². The molecule has 1 amide bonds. The van der Waals surface area contributed by atoms with Crippen LogP contribution in [0.5, 0.6) is 0 Å². The Morgan fingerprint density at radius 3 is 2.54 bits per heavy atom. The highest BCUT2D eigenvalue weighted by Gasteiger charge is 2.18. The predicted octanol–water partition coefficient (Wildman–Crippen LogP) is 5.99. The van der Waals surface area contributed by atoms with Gasteiger partial charge in [0.1, 0.15) is 0 Å². The van der Waals surface area contributed by atoms with E-state index in [1.54, 1.807) is 35.2 Å². The first kappa shape index (κ1) is 20.0. The zero-order valence-corrected chi connectivity index (χ0v) is 17.3. The number of aromatic nitrogens is 1. The van der Waals surface area contributed by atoms with E-state index in [1.807, 2.05) is 37.4 Å². The minimum atomic E-state index is -0.197. The largest absolute Gasteiger partial charge is 0.289 e. The van der Waals surface area contributed by atoms with Crippen molar-refractivity contribution in [2.75, 3.05) is 4.90 Å². The van der Waals surface area contributed by atoms with Gasteiger partial charge < -0.3 is 0 Å². The zero-order chi connectivity index (χ0) is 20.3. The molecule has 0 radical (unpaired) electrons. The number of thiazole rings is 1. The molecule has 6 heteroatoms. The number of ketones is 1. The molecule has 2 aromatic carbocycles. The number of halogens is 1. The first-order valence-electron chi connectivity index (χ1n) is 8.67. The lowest BCUT2D eigenvalue weighted by Gasteiger charge is -2.19. The summed E-state index contributed by atoms with van der Waals surface area (Å²) in [6.07, 6.45) is 3.07. The standard InChI is InChI=1S/C22H19ClN2O2S/c1-14-8-10-18(12-15(14)2)25(16(3)26)22-24-17(13-28-22)9-11-21(27)19-6-4-5-7-20(19)23/h4-13H,1-3H3/b11-9+. The monoisotopic (exact) mass is 410 g/mol. The first-order valence-corrected chi connectivity index (χ1v) is 9.93.